The number of nitrogens with two attached hydrogens (primary N) is 1. The van der Waals surface area contributed by atoms with E-state index < -0.39 is 11.7 Å². The fraction of sp³-hybridized carbons (Fsp3) is 0.509. The molecule has 3 N–H and O–H groups in total. The standard InChI is InChI=1S/C57H70ClFN5O7/c1-37(65)22-27-61-50-34-43(15-20-51(50)69-2)57(68)64-30-25-39(26-31-64)11-10-38-23-28-63(29-24-38)56(67)41-12-16-44(17-13-41)62-35-48(40-7-4-3-5-8-40)42-14-19-49(58)47(33-42)53-46(55(60)66)18-21-52(54(53)59)71-36-45-9-6-32-70-45/h3-5,7-8,14-15,18-21,33-34,38-39,41,44-45,48,61H,6,9-13,16-17,22-32,35-36H2,1-2H3,(H2,60,66)/q-1/t41?,44?,45-,48?/m0/s1. The molecule has 3 amide bonds. The Bertz CT molecular complexity index is 2460. The van der Waals surface area contributed by atoms with Crippen molar-refractivity contribution in [2.75, 3.05) is 64.9 Å². The molecule has 4 aromatic rings. The van der Waals surface area contributed by atoms with Crippen molar-refractivity contribution in [3.63, 3.8) is 0 Å². The molecular formula is C57H70ClFN5O7-. The fourth-order valence-corrected chi connectivity index (χ4v) is 11.2. The highest BCUT2D eigenvalue weighted by molar-refractivity contribution is 6.33. The van der Waals surface area contributed by atoms with Crippen molar-refractivity contribution in [2.24, 2.45) is 23.5 Å². The first kappa shape index (κ1) is 51.8. The average Bonchev–Trinajstić information content (AvgIpc) is 3.92. The van der Waals surface area contributed by atoms with E-state index in [4.69, 9.17) is 36.9 Å². The van der Waals surface area contributed by atoms with Gasteiger partial charge in [0.1, 0.15) is 18.1 Å². The Morgan fingerprint density at radius 2 is 1.52 bits per heavy atom. The third-order valence-corrected chi connectivity index (χ3v) is 15.7. The number of Topliss-reactive ketones (excluding diaryl/α,β-unsaturated/α-hetero) is 1. The number of ketones is 1. The second kappa shape index (κ2) is 24.8. The van der Waals surface area contributed by atoms with Crippen molar-refractivity contribution >= 4 is 40.8 Å². The highest BCUT2D eigenvalue weighted by atomic mass is 35.5. The molecule has 4 aliphatic rings. The molecule has 3 aliphatic heterocycles. The van der Waals surface area contributed by atoms with Crippen LogP contribution in [0.15, 0.2) is 78.9 Å². The minimum atomic E-state index is -0.769. The monoisotopic (exact) mass is 990 g/mol. The van der Waals surface area contributed by atoms with Gasteiger partial charge in [0.2, 0.25) is 11.8 Å². The van der Waals surface area contributed by atoms with E-state index in [1.165, 1.54) is 12.1 Å². The highest BCUT2D eigenvalue weighted by Gasteiger charge is 2.32. The Labute approximate surface area is 423 Å². The molecule has 0 bridgehead atoms. The van der Waals surface area contributed by atoms with E-state index in [1.807, 2.05) is 53.4 Å². The molecule has 0 spiro atoms. The minimum Gasteiger partial charge on any atom is -0.659 e. The number of hydrogen-bond acceptors (Lipinski definition) is 8. The number of carbonyl (C=O) groups is 4. The molecule has 380 valence electrons. The van der Waals surface area contributed by atoms with Crippen LogP contribution < -0.4 is 20.5 Å². The number of likely N-dealkylation sites (tertiary alicyclic amines) is 2. The maximum atomic E-state index is 16.4. The smallest absolute Gasteiger partial charge is 0.253 e. The van der Waals surface area contributed by atoms with Gasteiger partial charge < -0.3 is 40.4 Å². The van der Waals surface area contributed by atoms with Gasteiger partial charge in [0.25, 0.3) is 5.91 Å². The summed E-state index contributed by atoms with van der Waals surface area (Å²) in [6.45, 7) is 6.50. The summed E-state index contributed by atoms with van der Waals surface area (Å²) in [6, 6.07) is 24.1. The number of methoxy groups -OCH3 is 1. The molecule has 1 unspecified atom stereocenters. The molecule has 2 atom stereocenters. The zero-order valence-corrected chi connectivity index (χ0v) is 42.1. The normalized spacial score (nSPS) is 20.4. The van der Waals surface area contributed by atoms with E-state index in [-0.39, 0.29) is 70.1 Å². The van der Waals surface area contributed by atoms with Gasteiger partial charge in [0, 0.05) is 73.4 Å². The number of halogens is 2. The summed E-state index contributed by atoms with van der Waals surface area (Å²) in [7, 11) is 1.60. The number of anilines is 1. The van der Waals surface area contributed by atoms with Crippen LogP contribution in [0, 0.1) is 23.6 Å². The van der Waals surface area contributed by atoms with Gasteiger partial charge in [0.05, 0.1) is 24.5 Å². The maximum Gasteiger partial charge on any atom is 0.253 e. The van der Waals surface area contributed by atoms with Crippen LogP contribution >= 0.6 is 11.6 Å². The quantitative estimate of drug-likeness (QED) is 0.0887. The van der Waals surface area contributed by atoms with Crippen LogP contribution in [-0.2, 0) is 14.3 Å². The van der Waals surface area contributed by atoms with Crippen molar-refractivity contribution in [3.05, 3.63) is 117 Å². The number of ether oxygens (including phenoxy) is 3. The van der Waals surface area contributed by atoms with Gasteiger partial charge in [-0.2, -0.15) is 0 Å². The lowest BCUT2D eigenvalue weighted by Crippen LogP contribution is -2.43. The number of nitrogens with zero attached hydrogens (tertiary/aromatic N) is 3. The second-order valence-electron chi connectivity index (χ2n) is 20.1. The average molecular weight is 992 g/mol. The molecule has 71 heavy (non-hydrogen) atoms. The number of nitrogens with one attached hydrogen (secondary N) is 1. The van der Waals surface area contributed by atoms with E-state index in [9.17, 15) is 19.2 Å². The van der Waals surface area contributed by atoms with Gasteiger partial charge in [-0.05, 0) is 130 Å². The predicted octanol–water partition coefficient (Wildman–Crippen LogP) is 10.8. The van der Waals surface area contributed by atoms with E-state index in [1.54, 1.807) is 20.1 Å². The number of piperidine rings is 2. The zero-order chi connectivity index (χ0) is 49.9. The van der Waals surface area contributed by atoms with Crippen molar-refractivity contribution in [3.8, 4) is 22.6 Å². The van der Waals surface area contributed by atoms with Crippen molar-refractivity contribution in [1.29, 1.82) is 0 Å². The molecule has 4 aromatic carbocycles. The largest absolute Gasteiger partial charge is 0.659 e. The lowest BCUT2D eigenvalue weighted by atomic mass is 9.82. The Hall–Kier alpha value is -5.50. The lowest BCUT2D eigenvalue weighted by Gasteiger charge is -2.41. The molecule has 3 saturated heterocycles. The number of carbonyl (C=O) groups excluding carboxylic acids is 4. The summed E-state index contributed by atoms with van der Waals surface area (Å²) in [4.78, 5) is 55.5. The maximum absolute atomic E-state index is 16.4. The van der Waals surface area contributed by atoms with Crippen LogP contribution in [0.2, 0.25) is 5.02 Å². The molecule has 1 aliphatic carbocycles. The first-order valence-corrected chi connectivity index (χ1v) is 26.2. The third kappa shape index (κ3) is 13.3. The van der Waals surface area contributed by atoms with Crippen molar-refractivity contribution < 1.29 is 37.8 Å². The SMILES string of the molecule is COc1ccc(C(=O)N2CCC(CCC3CCN(C(=O)C4CCC([N-]CC(c5ccccc5)c5ccc(Cl)c(-c6c(C(N)=O)ccc(OC[C@@H]7CCCO7)c6F)c5)CC4)CC3)CC2)cc1NCCC(C)=O. The molecule has 1 saturated carbocycles. The van der Waals surface area contributed by atoms with E-state index in [0.29, 0.717) is 54.8 Å². The summed E-state index contributed by atoms with van der Waals surface area (Å²) in [5.41, 5.74) is 9.44. The van der Waals surface area contributed by atoms with Crippen molar-refractivity contribution in [2.45, 2.75) is 108 Å². The zero-order valence-electron chi connectivity index (χ0n) is 41.4. The first-order chi connectivity index (χ1) is 34.4. The second-order valence-corrected chi connectivity index (χ2v) is 20.5. The number of rotatable bonds is 20. The third-order valence-electron chi connectivity index (χ3n) is 15.3. The number of primary amides is 1. The lowest BCUT2D eigenvalue weighted by molar-refractivity contribution is -0.138. The van der Waals surface area contributed by atoms with Gasteiger partial charge in [-0.15, -0.1) is 12.6 Å². The summed E-state index contributed by atoms with van der Waals surface area (Å²) < 4.78 is 33.5. The van der Waals surface area contributed by atoms with Gasteiger partial charge in [-0.1, -0.05) is 73.7 Å². The van der Waals surface area contributed by atoms with Crippen LogP contribution in [0.5, 0.6) is 11.5 Å². The number of amides is 3. The Kier molecular flexibility index (Phi) is 18.1. The van der Waals surface area contributed by atoms with Crippen LogP contribution in [0.4, 0.5) is 10.1 Å². The summed E-state index contributed by atoms with van der Waals surface area (Å²) in [6.07, 6.45) is 11.7. The van der Waals surface area contributed by atoms with Gasteiger partial charge in [-0.25, -0.2) is 4.39 Å². The van der Waals surface area contributed by atoms with Crippen molar-refractivity contribution in [1.82, 2.24) is 9.80 Å². The number of hydrogen-bond donors (Lipinski definition) is 2. The Morgan fingerprint density at radius 3 is 2.17 bits per heavy atom. The Morgan fingerprint density at radius 1 is 0.831 bits per heavy atom. The molecule has 8 rings (SSSR count). The molecule has 0 aromatic heterocycles. The molecule has 0 radical (unpaired) electrons. The summed E-state index contributed by atoms with van der Waals surface area (Å²) in [5, 5.41) is 8.78. The number of benzene rings is 4. The molecular weight excluding hydrogens is 921 g/mol. The van der Waals surface area contributed by atoms with Gasteiger partial charge >= 0.3 is 0 Å². The molecule has 14 heteroatoms. The molecule has 4 fully saturated rings. The van der Waals surface area contributed by atoms with Crippen LogP contribution in [0.1, 0.15) is 128 Å². The first-order valence-electron chi connectivity index (χ1n) is 25.8. The fourth-order valence-electron chi connectivity index (χ4n) is 11.0. The van der Waals surface area contributed by atoms with Gasteiger partial charge in [0.15, 0.2) is 11.6 Å². The van der Waals surface area contributed by atoms with Crippen LogP contribution in [-0.4, -0.2) is 105 Å². The topological polar surface area (TPSA) is 155 Å². The van der Waals surface area contributed by atoms with Gasteiger partial charge in [-0.3, -0.25) is 19.2 Å². The van der Waals surface area contributed by atoms with E-state index in [0.717, 1.165) is 120 Å². The highest BCUT2D eigenvalue weighted by Crippen LogP contribution is 2.41. The van der Waals surface area contributed by atoms with Crippen LogP contribution in [0.3, 0.4) is 0 Å². The van der Waals surface area contributed by atoms with E-state index in [2.05, 4.69) is 22.3 Å². The molecule has 12 nitrogen and oxygen atoms in total. The summed E-state index contributed by atoms with van der Waals surface area (Å²) in [5.74, 6) is 0.650. The predicted molar refractivity (Wildman–Crippen MR) is 276 cm³/mol. The summed E-state index contributed by atoms with van der Waals surface area (Å²) >= 11 is 6.80. The van der Waals surface area contributed by atoms with Crippen LogP contribution in [0.25, 0.3) is 16.4 Å². The minimum absolute atomic E-state index is 0.00484. The van der Waals surface area contributed by atoms with E-state index >= 15 is 4.39 Å². The Balaban J connectivity index is 0.796. The molecule has 3 heterocycles.